The van der Waals surface area contributed by atoms with Crippen molar-refractivity contribution in [1.82, 2.24) is 9.80 Å². The molecule has 1 saturated heterocycles. The van der Waals surface area contributed by atoms with Gasteiger partial charge in [0.25, 0.3) is 0 Å². The van der Waals surface area contributed by atoms with Gasteiger partial charge in [-0.25, -0.2) is 4.79 Å². The molecular weight excluding hydrogens is 418 g/mol. The van der Waals surface area contributed by atoms with E-state index in [0.29, 0.717) is 25.3 Å². The fraction of sp³-hybridized carbons (Fsp3) is 0.400. The minimum absolute atomic E-state index is 0.0531. The second kappa shape index (κ2) is 11.4. The van der Waals surface area contributed by atoms with Crippen molar-refractivity contribution in [2.45, 2.75) is 27.2 Å². The Hall–Kier alpha value is -3.55. The minimum atomic E-state index is -0.209. The summed E-state index contributed by atoms with van der Waals surface area (Å²) in [5, 5.41) is 5.82. The largest absolute Gasteiger partial charge is 0.368 e. The standard InChI is InChI=1S/C25H33N5O3/c1-4-12-30(20(3)31)18-24(32)26-21-8-10-23(11-9-21)28-13-15-29(16-14-28)25(33)27-22-7-5-6-19(2)17-22/h5-11,17H,4,12-16,18H2,1-3H3,(H,26,32)(H,27,33). The Kier molecular flexibility index (Phi) is 8.29. The normalized spacial score (nSPS) is 13.4. The quantitative estimate of drug-likeness (QED) is 0.674. The van der Waals surface area contributed by atoms with Crippen LogP contribution in [0.15, 0.2) is 48.5 Å². The Bertz CT molecular complexity index is 968. The molecular formula is C25H33N5O3. The summed E-state index contributed by atoms with van der Waals surface area (Å²) in [4.78, 5) is 42.1. The fourth-order valence-corrected chi connectivity index (χ4v) is 3.84. The number of rotatable bonds is 7. The van der Waals surface area contributed by atoms with E-state index in [1.165, 1.54) is 11.8 Å². The van der Waals surface area contributed by atoms with Gasteiger partial charge in [0.05, 0.1) is 6.54 Å². The average Bonchev–Trinajstić information content (AvgIpc) is 2.79. The molecule has 0 radical (unpaired) electrons. The molecule has 8 heteroatoms. The summed E-state index contributed by atoms with van der Waals surface area (Å²) in [6, 6.07) is 15.3. The van der Waals surface area contributed by atoms with E-state index < -0.39 is 0 Å². The molecule has 2 aromatic carbocycles. The molecule has 2 N–H and O–H groups in total. The van der Waals surface area contributed by atoms with Crippen molar-refractivity contribution in [3.8, 4) is 0 Å². The second-order valence-electron chi connectivity index (χ2n) is 8.31. The molecule has 1 aliphatic rings. The summed E-state index contributed by atoms with van der Waals surface area (Å²) in [7, 11) is 0. The van der Waals surface area contributed by atoms with E-state index in [9.17, 15) is 14.4 Å². The first-order valence-electron chi connectivity index (χ1n) is 11.4. The van der Waals surface area contributed by atoms with Gasteiger partial charge in [-0.05, 0) is 55.3 Å². The Morgan fingerprint density at radius 3 is 2.24 bits per heavy atom. The molecule has 0 bridgehead atoms. The van der Waals surface area contributed by atoms with E-state index in [0.717, 1.165) is 36.4 Å². The van der Waals surface area contributed by atoms with Gasteiger partial charge in [-0.15, -0.1) is 0 Å². The number of nitrogens with one attached hydrogen (secondary N) is 2. The topological polar surface area (TPSA) is 85.0 Å². The molecule has 4 amide bonds. The van der Waals surface area contributed by atoms with Crippen LogP contribution in [0.1, 0.15) is 25.8 Å². The maximum absolute atomic E-state index is 12.6. The Balaban J connectivity index is 1.48. The van der Waals surface area contributed by atoms with Gasteiger partial charge in [-0.3, -0.25) is 9.59 Å². The first-order chi connectivity index (χ1) is 15.9. The molecule has 176 valence electrons. The van der Waals surface area contributed by atoms with Crippen molar-refractivity contribution < 1.29 is 14.4 Å². The lowest BCUT2D eigenvalue weighted by Crippen LogP contribution is -2.50. The van der Waals surface area contributed by atoms with E-state index in [1.54, 1.807) is 0 Å². The van der Waals surface area contributed by atoms with Crippen LogP contribution in [0.4, 0.5) is 21.9 Å². The van der Waals surface area contributed by atoms with Gasteiger partial charge in [0, 0.05) is 56.7 Å². The van der Waals surface area contributed by atoms with Gasteiger partial charge in [-0.1, -0.05) is 19.1 Å². The van der Waals surface area contributed by atoms with Crippen LogP contribution in [0.3, 0.4) is 0 Å². The number of anilines is 3. The molecule has 0 aromatic heterocycles. The van der Waals surface area contributed by atoms with E-state index in [4.69, 9.17) is 0 Å². The zero-order valence-corrected chi connectivity index (χ0v) is 19.6. The predicted molar refractivity (Wildman–Crippen MR) is 132 cm³/mol. The fourth-order valence-electron chi connectivity index (χ4n) is 3.84. The smallest absolute Gasteiger partial charge is 0.321 e. The monoisotopic (exact) mass is 451 g/mol. The number of urea groups is 1. The number of hydrogen-bond donors (Lipinski definition) is 2. The molecule has 0 spiro atoms. The molecule has 1 aliphatic heterocycles. The summed E-state index contributed by atoms with van der Waals surface area (Å²) in [6.45, 7) is 8.80. The molecule has 0 saturated carbocycles. The van der Waals surface area contributed by atoms with Crippen molar-refractivity contribution in [2.24, 2.45) is 0 Å². The lowest BCUT2D eigenvalue weighted by Gasteiger charge is -2.36. The highest BCUT2D eigenvalue weighted by atomic mass is 16.2. The van der Waals surface area contributed by atoms with Crippen LogP contribution in [0.2, 0.25) is 0 Å². The average molecular weight is 452 g/mol. The van der Waals surface area contributed by atoms with E-state index in [2.05, 4.69) is 15.5 Å². The number of benzene rings is 2. The van der Waals surface area contributed by atoms with Gasteiger partial charge in [-0.2, -0.15) is 0 Å². The van der Waals surface area contributed by atoms with Gasteiger partial charge in [0.1, 0.15) is 0 Å². The van der Waals surface area contributed by atoms with Crippen molar-refractivity contribution in [2.75, 3.05) is 54.8 Å². The highest BCUT2D eigenvalue weighted by Gasteiger charge is 2.21. The number of nitrogens with zero attached hydrogens (tertiary/aromatic N) is 3. The molecule has 3 rings (SSSR count). The van der Waals surface area contributed by atoms with Gasteiger partial charge in [0.2, 0.25) is 11.8 Å². The molecule has 33 heavy (non-hydrogen) atoms. The summed E-state index contributed by atoms with van der Waals surface area (Å²) in [6.07, 6.45) is 0.808. The van der Waals surface area contributed by atoms with Crippen LogP contribution in [-0.2, 0) is 9.59 Å². The van der Waals surface area contributed by atoms with Crippen LogP contribution in [0.25, 0.3) is 0 Å². The lowest BCUT2D eigenvalue weighted by atomic mass is 10.2. The molecule has 0 aliphatic carbocycles. The predicted octanol–water partition coefficient (Wildman–Crippen LogP) is 3.55. The SMILES string of the molecule is CCCN(CC(=O)Nc1ccc(N2CCN(C(=O)Nc3cccc(C)c3)CC2)cc1)C(C)=O. The van der Waals surface area contributed by atoms with Crippen molar-refractivity contribution in [3.05, 3.63) is 54.1 Å². The summed E-state index contributed by atoms with van der Waals surface area (Å²) >= 11 is 0. The first-order valence-corrected chi connectivity index (χ1v) is 11.4. The number of aryl methyl sites for hydroxylation is 1. The van der Waals surface area contributed by atoms with E-state index in [1.807, 2.05) is 67.3 Å². The van der Waals surface area contributed by atoms with Crippen molar-refractivity contribution >= 4 is 34.9 Å². The van der Waals surface area contributed by atoms with Crippen LogP contribution < -0.4 is 15.5 Å². The Morgan fingerprint density at radius 1 is 0.939 bits per heavy atom. The van der Waals surface area contributed by atoms with Crippen LogP contribution >= 0.6 is 0 Å². The summed E-state index contributed by atoms with van der Waals surface area (Å²) in [5.74, 6) is -0.311. The highest BCUT2D eigenvalue weighted by Crippen LogP contribution is 2.20. The van der Waals surface area contributed by atoms with E-state index in [-0.39, 0.29) is 24.4 Å². The van der Waals surface area contributed by atoms with Crippen molar-refractivity contribution in [3.63, 3.8) is 0 Å². The summed E-state index contributed by atoms with van der Waals surface area (Å²) in [5.41, 5.74) is 3.65. The van der Waals surface area contributed by atoms with Crippen LogP contribution in [0, 0.1) is 6.92 Å². The van der Waals surface area contributed by atoms with Gasteiger partial charge < -0.3 is 25.3 Å². The van der Waals surface area contributed by atoms with Gasteiger partial charge in [0.15, 0.2) is 0 Å². The minimum Gasteiger partial charge on any atom is -0.368 e. The molecule has 2 aromatic rings. The number of amides is 4. The molecule has 0 atom stereocenters. The molecule has 8 nitrogen and oxygen atoms in total. The lowest BCUT2D eigenvalue weighted by molar-refractivity contribution is -0.132. The Morgan fingerprint density at radius 2 is 1.64 bits per heavy atom. The van der Waals surface area contributed by atoms with Crippen LogP contribution in [-0.4, -0.2) is 66.9 Å². The van der Waals surface area contributed by atoms with Gasteiger partial charge >= 0.3 is 6.03 Å². The number of carbonyl (C=O) groups is 3. The number of piperazine rings is 1. The molecule has 1 fully saturated rings. The maximum atomic E-state index is 12.6. The van der Waals surface area contributed by atoms with Crippen molar-refractivity contribution in [1.29, 1.82) is 0 Å². The van der Waals surface area contributed by atoms with Crippen LogP contribution in [0.5, 0.6) is 0 Å². The molecule has 0 unspecified atom stereocenters. The third-order valence-electron chi connectivity index (χ3n) is 5.63. The zero-order chi connectivity index (χ0) is 23.8. The number of hydrogen-bond acceptors (Lipinski definition) is 4. The second-order valence-corrected chi connectivity index (χ2v) is 8.31. The third-order valence-corrected chi connectivity index (χ3v) is 5.63. The number of carbonyl (C=O) groups excluding carboxylic acids is 3. The maximum Gasteiger partial charge on any atom is 0.321 e. The summed E-state index contributed by atoms with van der Waals surface area (Å²) < 4.78 is 0. The zero-order valence-electron chi connectivity index (χ0n) is 19.6. The molecule has 1 heterocycles. The Labute approximate surface area is 195 Å². The third kappa shape index (κ3) is 6.97. The van der Waals surface area contributed by atoms with E-state index >= 15 is 0 Å². The first kappa shape index (κ1) is 24.1. The highest BCUT2D eigenvalue weighted by molar-refractivity contribution is 5.94.